The van der Waals surface area contributed by atoms with Crippen molar-refractivity contribution < 1.29 is 13.2 Å². The van der Waals surface area contributed by atoms with Crippen LogP contribution in [0, 0.1) is 24.4 Å². The van der Waals surface area contributed by atoms with Crippen LogP contribution in [0.5, 0.6) is 0 Å². The van der Waals surface area contributed by atoms with Gasteiger partial charge >= 0.3 is 0 Å². The van der Waals surface area contributed by atoms with Gasteiger partial charge in [-0.25, -0.2) is 13.2 Å². The van der Waals surface area contributed by atoms with Crippen molar-refractivity contribution in [3.63, 3.8) is 0 Å². The first-order valence-corrected chi connectivity index (χ1v) is 9.37. The van der Waals surface area contributed by atoms with Crippen molar-refractivity contribution in [2.75, 3.05) is 0 Å². The second kappa shape index (κ2) is 8.66. The monoisotopic (exact) mass is 386 g/mol. The van der Waals surface area contributed by atoms with Gasteiger partial charge in [0.05, 0.1) is 0 Å². The average Bonchev–Trinajstić information content (AvgIpc) is 2.65. The lowest BCUT2D eigenvalue weighted by atomic mass is 9.99. The summed E-state index contributed by atoms with van der Waals surface area (Å²) in [4.78, 5) is 0.919. The Kier molecular flexibility index (Phi) is 6.27. The molecule has 0 atom stereocenters. The quantitative estimate of drug-likeness (QED) is 0.474. The van der Waals surface area contributed by atoms with Gasteiger partial charge in [0.15, 0.2) is 0 Å². The van der Waals surface area contributed by atoms with Gasteiger partial charge in [0.25, 0.3) is 0 Å². The minimum Gasteiger partial charge on any atom is -0.207 e. The van der Waals surface area contributed by atoms with Crippen LogP contribution in [0.2, 0.25) is 0 Å². The van der Waals surface area contributed by atoms with Crippen LogP contribution in [0.25, 0.3) is 0 Å². The zero-order chi connectivity index (χ0) is 19.4. The van der Waals surface area contributed by atoms with E-state index in [-0.39, 0.29) is 11.4 Å². The number of hydrogen-bond acceptors (Lipinski definition) is 1. The normalized spacial score (nSPS) is 11.0. The summed E-state index contributed by atoms with van der Waals surface area (Å²) < 4.78 is 41.6. The van der Waals surface area contributed by atoms with Gasteiger partial charge in [0.2, 0.25) is 0 Å². The van der Waals surface area contributed by atoms with Crippen LogP contribution in [0.3, 0.4) is 0 Å². The minimum absolute atomic E-state index is 0.0123. The summed E-state index contributed by atoms with van der Waals surface area (Å²) in [5.74, 6) is -1.40. The summed E-state index contributed by atoms with van der Waals surface area (Å²) in [5.41, 5.74) is 3.21. The standard InChI is InChI=1S/C23H21F3S/c1-15-21(24)13-18(14-22(15)25)5-9-19-8-4-17(12-23(19)26)3-2-16-6-10-20(27)11-7-16/h4,6-8,10-14,27H,2-3,5,9H2,1H3. The molecule has 0 heterocycles. The van der Waals surface area contributed by atoms with E-state index in [9.17, 15) is 13.2 Å². The number of benzene rings is 3. The zero-order valence-electron chi connectivity index (χ0n) is 15.1. The number of hydrogen-bond donors (Lipinski definition) is 1. The lowest BCUT2D eigenvalue weighted by Crippen LogP contribution is -2.00. The Labute approximate surface area is 163 Å². The van der Waals surface area contributed by atoms with Gasteiger partial charge < -0.3 is 0 Å². The Morgan fingerprint density at radius 1 is 0.630 bits per heavy atom. The van der Waals surface area contributed by atoms with Crippen LogP contribution >= 0.6 is 12.6 Å². The summed E-state index contributed by atoms with van der Waals surface area (Å²) in [7, 11) is 0. The largest absolute Gasteiger partial charge is 0.207 e. The molecule has 3 aromatic carbocycles. The van der Waals surface area contributed by atoms with Gasteiger partial charge in [-0.15, -0.1) is 12.6 Å². The predicted octanol–water partition coefficient (Wildman–Crippen LogP) is 6.27. The number of halogens is 3. The van der Waals surface area contributed by atoms with E-state index < -0.39 is 11.6 Å². The van der Waals surface area contributed by atoms with Crippen molar-refractivity contribution in [1.29, 1.82) is 0 Å². The Balaban J connectivity index is 1.62. The molecule has 0 aliphatic heterocycles. The third kappa shape index (κ3) is 5.16. The number of aryl methyl sites for hydroxylation is 4. The summed E-state index contributed by atoms with van der Waals surface area (Å²) in [6.45, 7) is 1.40. The van der Waals surface area contributed by atoms with E-state index in [1.54, 1.807) is 12.1 Å². The van der Waals surface area contributed by atoms with E-state index >= 15 is 0 Å². The molecule has 0 radical (unpaired) electrons. The van der Waals surface area contributed by atoms with Crippen LogP contribution in [0.1, 0.15) is 27.8 Å². The highest BCUT2D eigenvalue weighted by Gasteiger charge is 2.09. The molecule has 0 bridgehead atoms. The molecule has 0 fully saturated rings. The smallest absolute Gasteiger partial charge is 0.129 e. The molecule has 4 heteroatoms. The minimum atomic E-state index is -0.563. The number of thiol groups is 1. The molecule has 0 aliphatic rings. The number of rotatable bonds is 6. The van der Waals surface area contributed by atoms with Crippen molar-refractivity contribution >= 4 is 12.6 Å². The topological polar surface area (TPSA) is 0 Å². The molecule has 0 saturated carbocycles. The first-order valence-electron chi connectivity index (χ1n) is 8.92. The van der Waals surface area contributed by atoms with Gasteiger partial charge in [-0.2, -0.15) is 0 Å². The molecule has 0 aromatic heterocycles. The first-order chi connectivity index (χ1) is 12.9. The lowest BCUT2D eigenvalue weighted by molar-refractivity contribution is 0.563. The molecule has 0 unspecified atom stereocenters. The fraction of sp³-hybridized carbons (Fsp3) is 0.217. The fourth-order valence-corrected chi connectivity index (χ4v) is 3.17. The first kappa shape index (κ1) is 19.6. The molecule has 0 N–H and O–H groups in total. The molecule has 3 aromatic rings. The van der Waals surface area contributed by atoms with E-state index in [1.807, 2.05) is 30.3 Å². The zero-order valence-corrected chi connectivity index (χ0v) is 16.0. The second-order valence-corrected chi connectivity index (χ2v) is 7.29. The molecule has 0 spiro atoms. The summed E-state index contributed by atoms with van der Waals surface area (Å²) in [6.07, 6.45) is 2.37. The van der Waals surface area contributed by atoms with Gasteiger partial charge in [-0.05, 0) is 85.2 Å². The molecule has 0 saturated heterocycles. The molecular weight excluding hydrogens is 365 g/mol. The van der Waals surface area contributed by atoms with E-state index in [0.29, 0.717) is 24.0 Å². The van der Waals surface area contributed by atoms with Gasteiger partial charge in [0.1, 0.15) is 17.5 Å². The van der Waals surface area contributed by atoms with Crippen molar-refractivity contribution in [3.8, 4) is 0 Å². The SMILES string of the molecule is Cc1c(F)cc(CCc2ccc(CCc3ccc(S)cc3)cc2F)cc1F. The van der Waals surface area contributed by atoms with Crippen molar-refractivity contribution in [1.82, 2.24) is 0 Å². The van der Waals surface area contributed by atoms with Gasteiger partial charge in [-0.1, -0.05) is 24.3 Å². The van der Waals surface area contributed by atoms with Crippen molar-refractivity contribution in [2.45, 2.75) is 37.5 Å². The second-order valence-electron chi connectivity index (χ2n) is 6.78. The molecular formula is C23H21F3S. The highest BCUT2D eigenvalue weighted by Crippen LogP contribution is 2.19. The molecule has 27 heavy (non-hydrogen) atoms. The summed E-state index contributed by atoms with van der Waals surface area (Å²) >= 11 is 4.27. The highest BCUT2D eigenvalue weighted by molar-refractivity contribution is 7.80. The molecule has 0 aliphatic carbocycles. The van der Waals surface area contributed by atoms with Crippen LogP contribution in [0.15, 0.2) is 59.5 Å². The third-order valence-corrected chi connectivity index (χ3v) is 5.08. The molecule has 0 nitrogen and oxygen atoms in total. The van der Waals surface area contributed by atoms with E-state index in [4.69, 9.17) is 0 Å². The fourth-order valence-electron chi connectivity index (χ4n) is 3.02. The summed E-state index contributed by atoms with van der Waals surface area (Å²) in [6, 6.07) is 15.8. The Morgan fingerprint density at radius 3 is 1.78 bits per heavy atom. The maximum absolute atomic E-state index is 14.4. The maximum Gasteiger partial charge on any atom is 0.129 e. The Hall–Kier alpha value is -2.20. The predicted molar refractivity (Wildman–Crippen MR) is 106 cm³/mol. The molecule has 0 amide bonds. The van der Waals surface area contributed by atoms with Crippen LogP contribution in [-0.4, -0.2) is 0 Å². The van der Waals surface area contributed by atoms with E-state index in [0.717, 1.165) is 23.3 Å². The van der Waals surface area contributed by atoms with Crippen LogP contribution in [-0.2, 0) is 25.7 Å². The Morgan fingerprint density at radius 2 is 1.15 bits per heavy atom. The van der Waals surface area contributed by atoms with E-state index in [2.05, 4.69) is 12.6 Å². The van der Waals surface area contributed by atoms with E-state index in [1.165, 1.54) is 24.6 Å². The van der Waals surface area contributed by atoms with Gasteiger partial charge in [0, 0.05) is 10.5 Å². The van der Waals surface area contributed by atoms with Crippen LogP contribution < -0.4 is 0 Å². The van der Waals surface area contributed by atoms with Crippen molar-refractivity contribution in [2.24, 2.45) is 0 Å². The maximum atomic E-state index is 14.4. The lowest BCUT2D eigenvalue weighted by Gasteiger charge is -2.08. The Bertz CT molecular complexity index is 910. The van der Waals surface area contributed by atoms with Gasteiger partial charge in [-0.3, -0.25) is 0 Å². The summed E-state index contributed by atoms with van der Waals surface area (Å²) in [5, 5.41) is 0. The van der Waals surface area contributed by atoms with Crippen molar-refractivity contribution in [3.05, 3.63) is 99.9 Å². The average molecular weight is 386 g/mol. The molecule has 3 rings (SSSR count). The van der Waals surface area contributed by atoms with Crippen LogP contribution in [0.4, 0.5) is 13.2 Å². The third-order valence-electron chi connectivity index (χ3n) is 4.78. The highest BCUT2D eigenvalue weighted by atomic mass is 32.1. The molecule has 140 valence electrons.